The fourth-order valence-corrected chi connectivity index (χ4v) is 4.44. The largest absolute Gasteiger partial charge is 0.461 e. The summed E-state index contributed by atoms with van der Waals surface area (Å²) in [6.07, 6.45) is 6.11. The van der Waals surface area contributed by atoms with E-state index in [1.54, 1.807) is 0 Å². The lowest BCUT2D eigenvalue weighted by molar-refractivity contribution is -0.143. The molecule has 3 fully saturated rings. The lowest BCUT2D eigenvalue weighted by Gasteiger charge is -2.27. The van der Waals surface area contributed by atoms with E-state index in [1.807, 2.05) is 0 Å². The first kappa shape index (κ1) is 10.1. The van der Waals surface area contributed by atoms with E-state index in [9.17, 15) is 4.79 Å². The van der Waals surface area contributed by atoms with Gasteiger partial charge in [-0.1, -0.05) is 11.6 Å². The van der Waals surface area contributed by atoms with Gasteiger partial charge in [-0.05, 0) is 33.1 Å². The summed E-state index contributed by atoms with van der Waals surface area (Å²) in [4.78, 5) is 11.5. The zero-order valence-corrected chi connectivity index (χ0v) is 10.4. The van der Waals surface area contributed by atoms with Crippen LogP contribution in [0.25, 0.3) is 0 Å². The van der Waals surface area contributed by atoms with Gasteiger partial charge in [-0.2, -0.15) is 0 Å². The molecule has 0 aromatic heterocycles. The Morgan fingerprint density at radius 2 is 2.29 bits per heavy atom. The average Bonchev–Trinajstić information content (AvgIpc) is 2.53. The molecule has 1 saturated carbocycles. The Bertz CT molecular complexity index is 441. The molecule has 4 rings (SSSR count). The first-order chi connectivity index (χ1) is 8.06. The molecule has 17 heavy (non-hydrogen) atoms. The molecule has 4 aliphatic rings. The van der Waals surface area contributed by atoms with Gasteiger partial charge in [0.1, 0.15) is 11.7 Å². The van der Waals surface area contributed by atoms with E-state index in [4.69, 9.17) is 9.47 Å². The third kappa shape index (κ3) is 1.05. The number of carbonyl (C=O) groups excluding carboxylic acids is 1. The lowest BCUT2D eigenvalue weighted by Crippen LogP contribution is -2.37. The number of rotatable bonds is 0. The molecule has 2 aliphatic heterocycles. The van der Waals surface area contributed by atoms with Crippen LogP contribution in [0.2, 0.25) is 0 Å². The van der Waals surface area contributed by atoms with Crippen LogP contribution in [0.15, 0.2) is 11.6 Å². The van der Waals surface area contributed by atoms with Gasteiger partial charge in [0, 0.05) is 11.8 Å². The molecule has 0 radical (unpaired) electrons. The van der Waals surface area contributed by atoms with E-state index >= 15 is 0 Å². The molecule has 0 aromatic rings. The number of hydrogen-bond acceptors (Lipinski definition) is 3. The fraction of sp³-hybridized carbons (Fsp3) is 0.786. The van der Waals surface area contributed by atoms with Crippen LogP contribution in [-0.4, -0.2) is 23.3 Å². The second-order valence-corrected chi connectivity index (χ2v) is 6.31. The van der Waals surface area contributed by atoms with Gasteiger partial charge in [0.15, 0.2) is 0 Å². The summed E-state index contributed by atoms with van der Waals surface area (Å²) >= 11 is 0. The Kier molecular flexibility index (Phi) is 1.65. The van der Waals surface area contributed by atoms with Gasteiger partial charge in [0.2, 0.25) is 0 Å². The standard InChI is InChI=1S/C14H18O3/c1-8-3-6-14-11(8)12-9(7-10(15)16-12)4-5-13(14,2)17-14/h3,9,11-12H,4-7H2,1-2H3. The predicted octanol–water partition coefficient (Wildman–Crippen LogP) is 2.21. The van der Waals surface area contributed by atoms with Crippen molar-refractivity contribution in [2.24, 2.45) is 11.8 Å². The van der Waals surface area contributed by atoms with Crippen molar-refractivity contribution >= 4 is 5.97 Å². The molecule has 0 aromatic carbocycles. The Labute approximate surface area is 101 Å². The highest BCUT2D eigenvalue weighted by Crippen LogP contribution is 2.66. The number of esters is 1. The molecule has 1 spiro atoms. The van der Waals surface area contributed by atoms with Crippen LogP contribution < -0.4 is 0 Å². The fourth-order valence-electron chi connectivity index (χ4n) is 4.44. The highest BCUT2D eigenvalue weighted by Gasteiger charge is 2.75. The van der Waals surface area contributed by atoms with Gasteiger partial charge >= 0.3 is 5.97 Å². The Hall–Kier alpha value is -0.830. The maximum absolute atomic E-state index is 11.5. The number of hydrogen-bond donors (Lipinski definition) is 0. The highest BCUT2D eigenvalue weighted by atomic mass is 16.6. The van der Waals surface area contributed by atoms with Gasteiger partial charge in [0.05, 0.1) is 12.0 Å². The molecule has 3 heteroatoms. The second kappa shape index (κ2) is 2.77. The molecule has 0 amide bonds. The molecule has 5 unspecified atom stereocenters. The second-order valence-electron chi connectivity index (χ2n) is 6.31. The van der Waals surface area contributed by atoms with Crippen molar-refractivity contribution in [2.45, 2.75) is 56.8 Å². The number of carbonyl (C=O) groups is 1. The minimum absolute atomic E-state index is 0.0147. The molecule has 5 atom stereocenters. The van der Waals surface area contributed by atoms with E-state index in [0.29, 0.717) is 18.3 Å². The molecule has 2 aliphatic carbocycles. The monoisotopic (exact) mass is 234 g/mol. The summed E-state index contributed by atoms with van der Waals surface area (Å²) < 4.78 is 11.7. The van der Waals surface area contributed by atoms with Crippen molar-refractivity contribution < 1.29 is 14.3 Å². The molecule has 92 valence electrons. The topological polar surface area (TPSA) is 38.8 Å². The summed E-state index contributed by atoms with van der Waals surface area (Å²) in [5, 5.41) is 0. The summed E-state index contributed by atoms with van der Waals surface area (Å²) in [6, 6.07) is 0. The van der Waals surface area contributed by atoms with E-state index < -0.39 is 0 Å². The van der Waals surface area contributed by atoms with E-state index in [0.717, 1.165) is 19.3 Å². The minimum Gasteiger partial charge on any atom is -0.461 e. The third-order valence-corrected chi connectivity index (χ3v) is 5.46. The zero-order chi connectivity index (χ0) is 11.8. The van der Waals surface area contributed by atoms with Crippen LogP contribution in [0, 0.1) is 11.8 Å². The maximum Gasteiger partial charge on any atom is 0.306 e. The summed E-state index contributed by atoms with van der Waals surface area (Å²) in [6.45, 7) is 4.39. The van der Waals surface area contributed by atoms with Crippen LogP contribution in [0.4, 0.5) is 0 Å². The van der Waals surface area contributed by atoms with Gasteiger partial charge in [-0.25, -0.2) is 0 Å². The summed E-state index contributed by atoms with van der Waals surface area (Å²) in [7, 11) is 0. The number of ether oxygens (including phenoxy) is 2. The third-order valence-electron chi connectivity index (χ3n) is 5.46. The number of epoxide rings is 1. The Morgan fingerprint density at radius 1 is 1.47 bits per heavy atom. The van der Waals surface area contributed by atoms with Crippen molar-refractivity contribution in [3.8, 4) is 0 Å². The Morgan fingerprint density at radius 3 is 3.12 bits per heavy atom. The van der Waals surface area contributed by atoms with E-state index in [2.05, 4.69) is 19.9 Å². The summed E-state index contributed by atoms with van der Waals surface area (Å²) in [5.74, 6) is 0.713. The van der Waals surface area contributed by atoms with Crippen LogP contribution in [-0.2, 0) is 14.3 Å². The minimum atomic E-state index is -0.0406. The Balaban J connectivity index is 1.78. The first-order valence-electron chi connectivity index (χ1n) is 6.62. The van der Waals surface area contributed by atoms with Crippen LogP contribution in [0.5, 0.6) is 0 Å². The SMILES string of the molecule is CC1=CCC23OC2(C)CCC2CC(=O)OC2C13. The molecular weight excluding hydrogens is 216 g/mol. The van der Waals surface area contributed by atoms with Gasteiger partial charge in [0.25, 0.3) is 0 Å². The van der Waals surface area contributed by atoms with Crippen LogP contribution in [0.1, 0.15) is 39.5 Å². The van der Waals surface area contributed by atoms with Crippen molar-refractivity contribution in [2.75, 3.05) is 0 Å². The highest BCUT2D eigenvalue weighted by molar-refractivity contribution is 5.72. The molecule has 2 saturated heterocycles. The maximum atomic E-state index is 11.5. The van der Waals surface area contributed by atoms with Gasteiger partial charge in [-0.15, -0.1) is 0 Å². The van der Waals surface area contributed by atoms with Crippen molar-refractivity contribution in [3.63, 3.8) is 0 Å². The lowest BCUT2D eigenvalue weighted by atomic mass is 9.79. The normalized spacial score (nSPS) is 55.3. The first-order valence-corrected chi connectivity index (χ1v) is 6.62. The number of fused-ring (bicyclic) bond motifs is 2. The molecular formula is C14H18O3. The molecule has 3 nitrogen and oxygen atoms in total. The van der Waals surface area contributed by atoms with Gasteiger partial charge < -0.3 is 9.47 Å². The smallest absolute Gasteiger partial charge is 0.306 e. The summed E-state index contributed by atoms with van der Waals surface area (Å²) in [5.41, 5.74) is 1.35. The average molecular weight is 234 g/mol. The van der Waals surface area contributed by atoms with E-state index in [-0.39, 0.29) is 23.3 Å². The van der Waals surface area contributed by atoms with Crippen LogP contribution >= 0.6 is 0 Å². The van der Waals surface area contributed by atoms with E-state index in [1.165, 1.54) is 5.57 Å². The molecule has 2 heterocycles. The van der Waals surface area contributed by atoms with Gasteiger partial charge in [-0.3, -0.25) is 4.79 Å². The predicted molar refractivity (Wildman–Crippen MR) is 61.3 cm³/mol. The van der Waals surface area contributed by atoms with Crippen LogP contribution in [0.3, 0.4) is 0 Å². The molecule has 0 bridgehead atoms. The quantitative estimate of drug-likeness (QED) is 0.366. The van der Waals surface area contributed by atoms with Crippen molar-refractivity contribution in [1.29, 1.82) is 0 Å². The van der Waals surface area contributed by atoms with Crippen molar-refractivity contribution in [1.82, 2.24) is 0 Å². The zero-order valence-electron chi connectivity index (χ0n) is 10.4. The molecule has 0 N–H and O–H groups in total. The van der Waals surface area contributed by atoms with Crippen molar-refractivity contribution in [3.05, 3.63) is 11.6 Å².